The molecule has 2 aliphatic rings. The molecule has 1 nitrogen and oxygen atoms in total. The Morgan fingerprint density at radius 3 is 2.70 bits per heavy atom. The van der Waals surface area contributed by atoms with E-state index in [0.29, 0.717) is 11.5 Å². The zero-order valence-corrected chi connectivity index (χ0v) is 11.6. The number of hydrogen-bond donors (Lipinski definition) is 0. The van der Waals surface area contributed by atoms with Gasteiger partial charge in [0.15, 0.2) is 0 Å². The average Bonchev–Trinajstić information content (AvgIpc) is 2.48. The molecule has 1 heteroatoms. The van der Waals surface area contributed by atoms with Crippen LogP contribution in [0, 0.1) is 5.41 Å². The number of nitrogens with zero attached hydrogens (tertiary/aromatic N) is 1. The number of rotatable bonds is 2. The maximum Gasteiger partial charge on any atom is 0.0753 e. The van der Waals surface area contributed by atoms with E-state index in [-0.39, 0.29) is 0 Å². The molecule has 2 unspecified atom stereocenters. The second kappa shape index (κ2) is 4.59. The monoisotopic (exact) mass is 261 g/mol. The third-order valence-electron chi connectivity index (χ3n) is 4.84. The molecule has 1 heterocycles. The van der Waals surface area contributed by atoms with Gasteiger partial charge in [0.05, 0.1) is 6.04 Å². The van der Waals surface area contributed by atoms with Crippen LogP contribution in [0.15, 0.2) is 59.6 Å². The van der Waals surface area contributed by atoms with Crippen LogP contribution in [-0.2, 0) is 12.8 Å². The van der Waals surface area contributed by atoms with E-state index in [1.165, 1.54) is 36.0 Å². The van der Waals surface area contributed by atoms with Crippen molar-refractivity contribution in [1.29, 1.82) is 0 Å². The van der Waals surface area contributed by atoms with Crippen molar-refractivity contribution in [3.63, 3.8) is 0 Å². The van der Waals surface area contributed by atoms with Crippen LogP contribution in [0.3, 0.4) is 0 Å². The molecule has 2 atom stereocenters. The highest BCUT2D eigenvalue weighted by Crippen LogP contribution is 2.48. The van der Waals surface area contributed by atoms with E-state index in [1.54, 1.807) is 0 Å². The Labute approximate surface area is 120 Å². The van der Waals surface area contributed by atoms with Crippen LogP contribution in [0.1, 0.15) is 35.6 Å². The predicted octanol–water partition coefficient (Wildman–Crippen LogP) is 4.38. The van der Waals surface area contributed by atoms with Crippen LogP contribution >= 0.6 is 0 Å². The lowest BCUT2D eigenvalue weighted by molar-refractivity contribution is 0.220. The first-order valence-corrected chi connectivity index (χ1v) is 7.48. The van der Waals surface area contributed by atoms with Gasteiger partial charge < -0.3 is 0 Å². The van der Waals surface area contributed by atoms with E-state index in [1.807, 2.05) is 0 Å². The first kappa shape index (κ1) is 11.9. The summed E-state index contributed by atoms with van der Waals surface area (Å²) in [4.78, 5) is 4.75. The van der Waals surface area contributed by atoms with E-state index in [2.05, 4.69) is 60.8 Å². The van der Waals surface area contributed by atoms with Crippen LogP contribution in [0.2, 0.25) is 0 Å². The molecule has 0 N–H and O–H groups in total. The van der Waals surface area contributed by atoms with Crippen molar-refractivity contribution in [3.05, 3.63) is 71.3 Å². The molecule has 1 aliphatic carbocycles. The molecule has 0 fully saturated rings. The minimum Gasteiger partial charge on any atom is -0.289 e. The fraction of sp³-hybridized carbons (Fsp3) is 0.316. The van der Waals surface area contributed by atoms with Crippen molar-refractivity contribution in [1.82, 2.24) is 0 Å². The third-order valence-corrected chi connectivity index (χ3v) is 4.84. The summed E-state index contributed by atoms with van der Waals surface area (Å²) in [6, 6.07) is 20.2. The van der Waals surface area contributed by atoms with Crippen LogP contribution in [0.25, 0.3) is 0 Å². The fourth-order valence-corrected chi connectivity index (χ4v) is 3.91. The summed E-state index contributed by atoms with van der Waals surface area (Å²) in [6.45, 7) is 0. The minimum absolute atomic E-state index is 0.377. The van der Waals surface area contributed by atoms with Gasteiger partial charge in [0.25, 0.3) is 0 Å². The van der Waals surface area contributed by atoms with E-state index < -0.39 is 0 Å². The van der Waals surface area contributed by atoms with Gasteiger partial charge in [0.1, 0.15) is 0 Å². The first-order chi connectivity index (χ1) is 9.85. The largest absolute Gasteiger partial charge is 0.289 e. The van der Waals surface area contributed by atoms with Gasteiger partial charge in [-0.25, -0.2) is 0 Å². The maximum atomic E-state index is 4.75. The zero-order chi connectivity index (χ0) is 13.4. The molecule has 2 aromatic rings. The van der Waals surface area contributed by atoms with Crippen LogP contribution < -0.4 is 0 Å². The lowest BCUT2D eigenvalue weighted by atomic mass is 9.64. The number of benzene rings is 2. The molecule has 2 bridgehead atoms. The lowest BCUT2D eigenvalue weighted by Gasteiger charge is -2.43. The quantitative estimate of drug-likeness (QED) is 0.761. The van der Waals surface area contributed by atoms with E-state index in [0.717, 1.165) is 6.42 Å². The Morgan fingerprint density at radius 2 is 1.80 bits per heavy atom. The Bertz CT molecular complexity index is 644. The van der Waals surface area contributed by atoms with E-state index in [9.17, 15) is 0 Å². The molecule has 2 aromatic carbocycles. The third kappa shape index (κ3) is 1.98. The van der Waals surface area contributed by atoms with Gasteiger partial charge in [-0.1, -0.05) is 54.6 Å². The van der Waals surface area contributed by atoms with Crippen LogP contribution in [-0.4, -0.2) is 6.21 Å². The number of hydrogen-bond acceptors (Lipinski definition) is 1. The number of aliphatic imine (C=N–C) groups is 1. The maximum absolute atomic E-state index is 4.75. The molecule has 20 heavy (non-hydrogen) atoms. The average molecular weight is 261 g/mol. The first-order valence-electron chi connectivity index (χ1n) is 7.48. The molecule has 0 spiro atoms. The number of fused-ring (bicyclic) bond motifs is 4. The highest BCUT2D eigenvalue weighted by atomic mass is 14.8. The molecule has 0 saturated heterocycles. The highest BCUT2D eigenvalue weighted by molar-refractivity contribution is 5.62. The van der Waals surface area contributed by atoms with Gasteiger partial charge in [-0.15, -0.1) is 0 Å². The summed E-state index contributed by atoms with van der Waals surface area (Å²) >= 11 is 0. The Balaban J connectivity index is 1.71. The van der Waals surface area contributed by atoms with Crippen molar-refractivity contribution >= 4 is 6.21 Å². The second-order valence-electron chi connectivity index (χ2n) is 6.29. The summed E-state index contributed by atoms with van der Waals surface area (Å²) in [5.41, 5.74) is 4.80. The Morgan fingerprint density at radius 1 is 1.00 bits per heavy atom. The molecule has 0 amide bonds. The van der Waals surface area contributed by atoms with Crippen molar-refractivity contribution in [2.24, 2.45) is 10.4 Å². The Hall–Kier alpha value is -1.89. The molecular formula is C19H19N. The lowest BCUT2D eigenvalue weighted by Crippen LogP contribution is -2.36. The summed E-state index contributed by atoms with van der Waals surface area (Å²) in [7, 11) is 0. The molecule has 1 aliphatic heterocycles. The van der Waals surface area contributed by atoms with Crippen molar-refractivity contribution in [2.45, 2.75) is 31.7 Å². The summed E-state index contributed by atoms with van der Waals surface area (Å²) < 4.78 is 0. The fourth-order valence-electron chi connectivity index (χ4n) is 3.91. The summed E-state index contributed by atoms with van der Waals surface area (Å²) in [5, 5.41) is 0. The van der Waals surface area contributed by atoms with E-state index >= 15 is 0 Å². The molecular weight excluding hydrogens is 242 g/mol. The van der Waals surface area contributed by atoms with Gasteiger partial charge in [0.2, 0.25) is 0 Å². The summed E-state index contributed by atoms with van der Waals surface area (Å²) in [6.07, 6.45) is 6.86. The van der Waals surface area contributed by atoms with Gasteiger partial charge in [-0.05, 0) is 47.8 Å². The summed E-state index contributed by atoms with van der Waals surface area (Å²) in [5.74, 6) is 0. The minimum atomic E-state index is 0.377. The SMILES string of the molecule is C1=NC2CC(Cc3ccccc3)(C1)Cc1ccccc12. The predicted molar refractivity (Wildman–Crippen MR) is 83.2 cm³/mol. The standard InChI is InChI=1S/C19H19N/c1-2-6-15(7-3-1)12-19-10-11-20-18(14-19)17-9-5-4-8-16(17)13-19/h1-9,11,18H,10,12-14H2. The van der Waals surface area contributed by atoms with Gasteiger partial charge in [-0.2, -0.15) is 0 Å². The molecule has 0 aromatic heterocycles. The van der Waals surface area contributed by atoms with Crippen LogP contribution in [0.4, 0.5) is 0 Å². The normalized spacial score (nSPS) is 27.1. The molecule has 100 valence electrons. The van der Waals surface area contributed by atoms with Crippen LogP contribution in [0.5, 0.6) is 0 Å². The van der Waals surface area contributed by atoms with Gasteiger partial charge in [0, 0.05) is 6.21 Å². The van der Waals surface area contributed by atoms with Crippen molar-refractivity contribution < 1.29 is 0 Å². The molecule has 0 saturated carbocycles. The van der Waals surface area contributed by atoms with E-state index in [4.69, 9.17) is 4.99 Å². The van der Waals surface area contributed by atoms with Crippen molar-refractivity contribution in [2.75, 3.05) is 0 Å². The van der Waals surface area contributed by atoms with Gasteiger partial charge >= 0.3 is 0 Å². The molecule has 0 radical (unpaired) electrons. The van der Waals surface area contributed by atoms with Gasteiger partial charge in [-0.3, -0.25) is 4.99 Å². The van der Waals surface area contributed by atoms with Crippen molar-refractivity contribution in [3.8, 4) is 0 Å². The Kier molecular flexibility index (Phi) is 2.73. The highest BCUT2D eigenvalue weighted by Gasteiger charge is 2.40. The molecule has 4 rings (SSSR count). The smallest absolute Gasteiger partial charge is 0.0753 e. The topological polar surface area (TPSA) is 12.4 Å². The second-order valence-corrected chi connectivity index (χ2v) is 6.29. The zero-order valence-electron chi connectivity index (χ0n) is 11.6.